The molecule has 4 aliphatic carbocycles. The van der Waals surface area contributed by atoms with Crippen molar-refractivity contribution in [2.75, 3.05) is 5.94 Å². The Labute approximate surface area is 84.3 Å². The van der Waals surface area contributed by atoms with Crippen molar-refractivity contribution < 1.29 is 5.11 Å². The molecule has 4 saturated carbocycles. The minimum Gasteiger partial charge on any atom is -0.386 e. The average molecular weight is 198 g/mol. The lowest BCUT2D eigenvalue weighted by Crippen LogP contribution is -2.48. The van der Waals surface area contributed by atoms with Crippen molar-refractivity contribution in [3.63, 3.8) is 0 Å². The summed E-state index contributed by atoms with van der Waals surface area (Å²) in [7, 11) is 0. The van der Waals surface area contributed by atoms with E-state index in [1.165, 1.54) is 38.5 Å². The molecule has 0 atom stereocenters. The van der Waals surface area contributed by atoms with E-state index >= 15 is 0 Å². The van der Waals surface area contributed by atoms with E-state index < -0.39 is 0 Å². The number of thioether (sulfide) groups is 1. The fourth-order valence-corrected chi connectivity index (χ4v) is 5.68. The van der Waals surface area contributed by atoms with E-state index in [0.717, 1.165) is 17.8 Å². The molecule has 0 radical (unpaired) electrons. The number of hydrogen-bond donors (Lipinski definition) is 1. The van der Waals surface area contributed by atoms with E-state index in [9.17, 15) is 0 Å². The maximum atomic E-state index is 9.09. The highest BCUT2D eigenvalue weighted by molar-refractivity contribution is 8.00. The molecular weight excluding hydrogens is 180 g/mol. The topological polar surface area (TPSA) is 20.2 Å². The molecule has 74 valence electrons. The average Bonchev–Trinajstić information content (AvgIpc) is 2.00. The van der Waals surface area contributed by atoms with Gasteiger partial charge in [0.2, 0.25) is 0 Å². The van der Waals surface area contributed by atoms with Gasteiger partial charge in [0.05, 0.1) is 5.94 Å². The van der Waals surface area contributed by atoms with Crippen LogP contribution >= 0.6 is 11.8 Å². The maximum Gasteiger partial charge on any atom is 0.0891 e. The van der Waals surface area contributed by atoms with Crippen LogP contribution in [0.25, 0.3) is 0 Å². The number of aliphatic hydroxyl groups excluding tert-OH is 1. The van der Waals surface area contributed by atoms with E-state index in [2.05, 4.69) is 0 Å². The molecule has 13 heavy (non-hydrogen) atoms. The van der Waals surface area contributed by atoms with Crippen LogP contribution < -0.4 is 0 Å². The first-order valence-electron chi connectivity index (χ1n) is 5.54. The van der Waals surface area contributed by atoms with Crippen molar-refractivity contribution >= 4 is 11.8 Å². The molecule has 0 heterocycles. The summed E-state index contributed by atoms with van der Waals surface area (Å²) in [6, 6.07) is 0. The third kappa shape index (κ3) is 1.33. The van der Waals surface area contributed by atoms with Crippen LogP contribution in [0.15, 0.2) is 0 Å². The second-order valence-corrected chi connectivity index (χ2v) is 6.79. The SMILES string of the molecule is OCSC12CC3CC(CC(C3)C1)C2. The predicted molar refractivity (Wildman–Crippen MR) is 55.6 cm³/mol. The van der Waals surface area contributed by atoms with Gasteiger partial charge < -0.3 is 5.11 Å². The molecule has 4 aliphatic rings. The van der Waals surface area contributed by atoms with Gasteiger partial charge >= 0.3 is 0 Å². The monoisotopic (exact) mass is 198 g/mol. The molecule has 0 aromatic rings. The zero-order chi connectivity index (χ0) is 8.89. The smallest absolute Gasteiger partial charge is 0.0891 e. The number of aliphatic hydroxyl groups is 1. The van der Waals surface area contributed by atoms with Crippen molar-refractivity contribution in [3.8, 4) is 0 Å². The van der Waals surface area contributed by atoms with Gasteiger partial charge in [-0.1, -0.05) is 0 Å². The zero-order valence-electron chi connectivity index (χ0n) is 8.04. The fourth-order valence-electron chi connectivity index (χ4n) is 4.34. The molecule has 0 aliphatic heterocycles. The van der Waals surface area contributed by atoms with Crippen LogP contribution in [0, 0.1) is 17.8 Å². The molecule has 4 rings (SSSR count). The van der Waals surface area contributed by atoms with E-state index in [-0.39, 0.29) is 0 Å². The summed E-state index contributed by atoms with van der Waals surface area (Å²) in [4.78, 5) is 0. The molecule has 0 aromatic carbocycles. The van der Waals surface area contributed by atoms with Gasteiger partial charge in [-0.3, -0.25) is 0 Å². The van der Waals surface area contributed by atoms with Crippen LogP contribution in [-0.2, 0) is 0 Å². The third-order valence-corrected chi connectivity index (χ3v) is 5.59. The van der Waals surface area contributed by atoms with Crippen LogP contribution in [0.3, 0.4) is 0 Å². The molecule has 0 aromatic heterocycles. The highest BCUT2D eigenvalue weighted by Gasteiger charge is 2.50. The molecule has 2 heteroatoms. The largest absolute Gasteiger partial charge is 0.386 e. The van der Waals surface area contributed by atoms with Gasteiger partial charge in [-0.25, -0.2) is 0 Å². The summed E-state index contributed by atoms with van der Waals surface area (Å²) in [6.45, 7) is 0. The quantitative estimate of drug-likeness (QED) is 0.688. The summed E-state index contributed by atoms with van der Waals surface area (Å²) in [5.74, 6) is 3.40. The lowest BCUT2D eigenvalue weighted by atomic mass is 9.56. The molecule has 0 unspecified atom stereocenters. The van der Waals surface area contributed by atoms with Gasteiger partial charge in [0, 0.05) is 4.75 Å². The van der Waals surface area contributed by atoms with Gasteiger partial charge in [0.25, 0.3) is 0 Å². The molecule has 0 saturated heterocycles. The van der Waals surface area contributed by atoms with Gasteiger partial charge in [-0.2, -0.15) is 0 Å². The van der Waals surface area contributed by atoms with Crippen LogP contribution in [0.4, 0.5) is 0 Å². The second kappa shape index (κ2) is 2.90. The van der Waals surface area contributed by atoms with Gasteiger partial charge in [-0.15, -0.1) is 11.8 Å². The summed E-state index contributed by atoms with van der Waals surface area (Å²) in [6.07, 6.45) is 8.74. The molecular formula is C11H18OS. The Morgan fingerprint density at radius 1 is 1.00 bits per heavy atom. The van der Waals surface area contributed by atoms with Crippen molar-refractivity contribution in [2.45, 2.75) is 43.3 Å². The standard InChI is InChI=1S/C11H18OS/c12-7-13-11-4-8-1-9(5-11)3-10(2-8)6-11/h8-10,12H,1-7H2. The van der Waals surface area contributed by atoms with Gasteiger partial charge in [-0.05, 0) is 56.3 Å². The Hall–Kier alpha value is 0.310. The minimum absolute atomic E-state index is 0.339. The first kappa shape index (κ1) is 8.60. The fraction of sp³-hybridized carbons (Fsp3) is 1.00. The Morgan fingerprint density at radius 2 is 1.46 bits per heavy atom. The summed E-state index contributed by atoms with van der Waals surface area (Å²) in [5.41, 5.74) is 0. The van der Waals surface area contributed by atoms with E-state index in [0.29, 0.717) is 10.7 Å². The molecule has 4 bridgehead atoms. The zero-order valence-corrected chi connectivity index (χ0v) is 8.85. The molecule has 1 nitrogen and oxygen atoms in total. The van der Waals surface area contributed by atoms with Crippen molar-refractivity contribution in [2.24, 2.45) is 17.8 Å². The highest BCUT2D eigenvalue weighted by atomic mass is 32.2. The van der Waals surface area contributed by atoms with Crippen LogP contribution in [0.5, 0.6) is 0 Å². The second-order valence-electron chi connectivity index (χ2n) is 5.37. The first-order chi connectivity index (χ1) is 6.30. The summed E-state index contributed by atoms with van der Waals surface area (Å²) in [5, 5.41) is 9.09. The molecule has 4 fully saturated rings. The summed E-state index contributed by atoms with van der Waals surface area (Å²) < 4.78 is 0.517. The Balaban J connectivity index is 1.83. The molecule has 0 spiro atoms. The van der Waals surface area contributed by atoms with Crippen LogP contribution in [0.1, 0.15) is 38.5 Å². The third-order valence-electron chi connectivity index (χ3n) is 4.35. The Morgan fingerprint density at radius 3 is 1.85 bits per heavy atom. The lowest BCUT2D eigenvalue weighted by molar-refractivity contribution is 0.0378. The first-order valence-corrected chi connectivity index (χ1v) is 6.53. The molecule has 0 amide bonds. The Bertz CT molecular complexity index is 179. The number of rotatable bonds is 2. The highest BCUT2D eigenvalue weighted by Crippen LogP contribution is 2.60. The van der Waals surface area contributed by atoms with Crippen molar-refractivity contribution in [1.29, 1.82) is 0 Å². The van der Waals surface area contributed by atoms with Gasteiger partial charge in [0.15, 0.2) is 0 Å². The van der Waals surface area contributed by atoms with E-state index in [4.69, 9.17) is 5.11 Å². The van der Waals surface area contributed by atoms with Crippen molar-refractivity contribution in [3.05, 3.63) is 0 Å². The van der Waals surface area contributed by atoms with Crippen LogP contribution in [-0.4, -0.2) is 15.8 Å². The minimum atomic E-state index is 0.339. The number of hydrogen-bond acceptors (Lipinski definition) is 2. The maximum absolute atomic E-state index is 9.09. The summed E-state index contributed by atoms with van der Waals surface area (Å²) >= 11 is 1.84. The molecule has 1 N–H and O–H groups in total. The predicted octanol–water partition coefficient (Wildman–Crippen LogP) is 2.64. The lowest BCUT2D eigenvalue weighted by Gasteiger charge is -2.56. The van der Waals surface area contributed by atoms with Crippen LogP contribution in [0.2, 0.25) is 0 Å². The van der Waals surface area contributed by atoms with E-state index in [1.807, 2.05) is 11.8 Å². The van der Waals surface area contributed by atoms with Gasteiger partial charge in [0.1, 0.15) is 0 Å². The normalized spacial score (nSPS) is 52.8. The van der Waals surface area contributed by atoms with Crippen molar-refractivity contribution in [1.82, 2.24) is 0 Å². The van der Waals surface area contributed by atoms with E-state index in [1.54, 1.807) is 0 Å². The Kier molecular flexibility index (Phi) is 1.92.